The van der Waals surface area contributed by atoms with E-state index in [2.05, 4.69) is 0 Å². The maximum atomic E-state index is 13.2. The van der Waals surface area contributed by atoms with Crippen LogP contribution in [0.5, 0.6) is 5.75 Å². The smallest absolute Gasteiger partial charge is 0.295 e. The molecule has 168 valence electrons. The van der Waals surface area contributed by atoms with Gasteiger partial charge in [0.2, 0.25) is 0 Å². The molecule has 2 aromatic rings. The van der Waals surface area contributed by atoms with E-state index in [-0.39, 0.29) is 17.4 Å². The number of nitrogens with zero attached hydrogens (tertiary/aromatic N) is 2. The topological polar surface area (TPSA) is 70.1 Å². The van der Waals surface area contributed by atoms with E-state index < -0.39 is 17.7 Å². The summed E-state index contributed by atoms with van der Waals surface area (Å²) in [6.07, 6.45) is 3.75. The lowest BCUT2D eigenvalue weighted by molar-refractivity contribution is -0.141. The van der Waals surface area contributed by atoms with Gasteiger partial charge < -0.3 is 19.6 Å². The fourth-order valence-electron chi connectivity index (χ4n) is 4.66. The standard InChI is InChI=1S/C25H27ClN2O4/c1-27(2)17-11-8-15(9-12-17)22-21(23(29)16-10-13-20(32-3)19(26)14-16)24(30)25(31)28(22)18-6-4-5-7-18/h8-14,18,22,29H,4-7H2,1-3H3/b23-21-. The van der Waals surface area contributed by atoms with Crippen LogP contribution in [0.25, 0.3) is 5.76 Å². The number of rotatable bonds is 5. The highest BCUT2D eigenvalue weighted by molar-refractivity contribution is 6.46. The fraction of sp³-hybridized carbons (Fsp3) is 0.360. The Morgan fingerprint density at radius 1 is 1.09 bits per heavy atom. The first-order valence-corrected chi connectivity index (χ1v) is 11.1. The van der Waals surface area contributed by atoms with Crippen LogP contribution in [0.15, 0.2) is 48.0 Å². The molecule has 1 aliphatic carbocycles. The van der Waals surface area contributed by atoms with Gasteiger partial charge in [-0.25, -0.2) is 0 Å². The van der Waals surface area contributed by atoms with E-state index in [0.717, 1.165) is 36.9 Å². The van der Waals surface area contributed by atoms with Crippen LogP contribution in [-0.2, 0) is 9.59 Å². The van der Waals surface area contributed by atoms with E-state index in [4.69, 9.17) is 16.3 Å². The number of hydrogen-bond donors (Lipinski definition) is 1. The zero-order valence-electron chi connectivity index (χ0n) is 18.5. The molecule has 2 fully saturated rings. The molecule has 0 bridgehead atoms. The first kappa shape index (κ1) is 22.2. The Labute approximate surface area is 193 Å². The van der Waals surface area contributed by atoms with Crippen molar-refractivity contribution < 1.29 is 19.4 Å². The molecule has 2 aromatic carbocycles. The molecule has 1 atom stereocenters. The molecule has 6 nitrogen and oxygen atoms in total. The molecule has 1 amide bonds. The van der Waals surface area contributed by atoms with Crippen molar-refractivity contribution in [2.75, 3.05) is 26.1 Å². The maximum Gasteiger partial charge on any atom is 0.295 e. The molecular weight excluding hydrogens is 428 g/mol. The Hall–Kier alpha value is -2.99. The molecular formula is C25H27ClN2O4. The van der Waals surface area contributed by atoms with Crippen molar-refractivity contribution in [2.45, 2.75) is 37.8 Å². The number of methoxy groups -OCH3 is 1. The van der Waals surface area contributed by atoms with Gasteiger partial charge in [-0.3, -0.25) is 9.59 Å². The summed E-state index contributed by atoms with van der Waals surface area (Å²) >= 11 is 6.25. The van der Waals surface area contributed by atoms with Gasteiger partial charge in [0, 0.05) is 31.4 Å². The molecule has 1 heterocycles. The highest BCUT2D eigenvalue weighted by Crippen LogP contribution is 2.44. The van der Waals surface area contributed by atoms with Crippen molar-refractivity contribution >= 4 is 34.7 Å². The van der Waals surface area contributed by atoms with Crippen molar-refractivity contribution in [3.8, 4) is 5.75 Å². The second-order valence-corrected chi connectivity index (χ2v) is 8.89. The third-order valence-electron chi connectivity index (χ3n) is 6.35. The van der Waals surface area contributed by atoms with E-state index >= 15 is 0 Å². The van der Waals surface area contributed by atoms with Crippen LogP contribution in [0.1, 0.15) is 42.9 Å². The van der Waals surface area contributed by atoms with Crippen molar-refractivity contribution in [1.82, 2.24) is 4.90 Å². The van der Waals surface area contributed by atoms with E-state index in [0.29, 0.717) is 16.3 Å². The van der Waals surface area contributed by atoms with Crippen LogP contribution in [-0.4, -0.2) is 48.9 Å². The van der Waals surface area contributed by atoms with Crippen molar-refractivity contribution in [3.05, 3.63) is 64.2 Å². The summed E-state index contributed by atoms with van der Waals surface area (Å²) in [7, 11) is 5.41. The molecule has 1 saturated heterocycles. The number of aliphatic hydroxyl groups excluding tert-OH is 1. The minimum absolute atomic E-state index is 0.0188. The normalized spacial score (nSPS) is 20.8. The van der Waals surface area contributed by atoms with Gasteiger partial charge in [-0.1, -0.05) is 36.6 Å². The number of Topliss-reactive ketones (excluding diaryl/α,β-unsaturated/α-hetero) is 1. The molecule has 1 aliphatic heterocycles. The average molecular weight is 455 g/mol. The summed E-state index contributed by atoms with van der Waals surface area (Å²) in [5.41, 5.74) is 2.27. The largest absolute Gasteiger partial charge is 0.507 e. The first-order chi connectivity index (χ1) is 15.3. The Kier molecular flexibility index (Phi) is 6.15. The minimum Gasteiger partial charge on any atom is -0.507 e. The van der Waals surface area contributed by atoms with Gasteiger partial charge in [0.25, 0.3) is 11.7 Å². The SMILES string of the molecule is COc1ccc(/C(O)=C2/C(=O)C(=O)N(C3CCCC3)C2c2ccc(N(C)C)cc2)cc1Cl. The molecule has 0 spiro atoms. The Morgan fingerprint density at radius 3 is 2.31 bits per heavy atom. The zero-order chi connectivity index (χ0) is 23.0. The average Bonchev–Trinajstić information content (AvgIpc) is 3.40. The molecule has 1 N–H and O–H groups in total. The fourth-order valence-corrected chi connectivity index (χ4v) is 4.92. The number of halogens is 1. The Morgan fingerprint density at radius 2 is 1.75 bits per heavy atom. The van der Waals surface area contributed by atoms with E-state index in [1.54, 1.807) is 23.1 Å². The molecule has 7 heteroatoms. The number of likely N-dealkylation sites (tertiary alicyclic amines) is 1. The van der Waals surface area contributed by atoms with Crippen LogP contribution in [0.2, 0.25) is 5.02 Å². The van der Waals surface area contributed by atoms with Gasteiger partial charge in [0.05, 0.1) is 23.7 Å². The number of carbonyl (C=O) groups is 2. The van der Waals surface area contributed by atoms with Gasteiger partial charge in [-0.05, 0) is 48.7 Å². The summed E-state index contributed by atoms with van der Waals surface area (Å²) in [4.78, 5) is 30.0. The van der Waals surface area contributed by atoms with Crippen LogP contribution in [0.4, 0.5) is 5.69 Å². The van der Waals surface area contributed by atoms with Crippen molar-refractivity contribution in [3.63, 3.8) is 0 Å². The first-order valence-electron chi connectivity index (χ1n) is 10.7. The summed E-state index contributed by atoms with van der Waals surface area (Å²) in [5.74, 6) is -0.983. The number of aliphatic hydroxyl groups is 1. The quantitative estimate of drug-likeness (QED) is 0.400. The predicted molar refractivity (Wildman–Crippen MR) is 125 cm³/mol. The van der Waals surface area contributed by atoms with Crippen LogP contribution in [0, 0.1) is 0 Å². The number of carbonyl (C=O) groups excluding carboxylic acids is 2. The van der Waals surface area contributed by atoms with Crippen LogP contribution < -0.4 is 9.64 Å². The number of ether oxygens (including phenoxy) is 1. The number of hydrogen-bond acceptors (Lipinski definition) is 5. The second kappa shape index (κ2) is 8.87. The van der Waals surface area contributed by atoms with Crippen molar-refractivity contribution in [1.29, 1.82) is 0 Å². The monoisotopic (exact) mass is 454 g/mol. The van der Waals surface area contributed by atoms with E-state index in [1.807, 2.05) is 43.3 Å². The maximum absolute atomic E-state index is 13.2. The van der Waals surface area contributed by atoms with E-state index in [9.17, 15) is 14.7 Å². The Balaban J connectivity index is 1.86. The molecule has 1 unspecified atom stereocenters. The predicted octanol–water partition coefficient (Wildman–Crippen LogP) is 4.78. The molecule has 32 heavy (non-hydrogen) atoms. The summed E-state index contributed by atoms with van der Waals surface area (Å²) < 4.78 is 5.19. The summed E-state index contributed by atoms with van der Waals surface area (Å²) in [6, 6.07) is 11.9. The van der Waals surface area contributed by atoms with Crippen molar-refractivity contribution in [2.24, 2.45) is 0 Å². The van der Waals surface area contributed by atoms with E-state index in [1.165, 1.54) is 7.11 Å². The van der Waals surface area contributed by atoms with Gasteiger partial charge in [-0.15, -0.1) is 0 Å². The molecule has 0 radical (unpaired) electrons. The third kappa shape index (κ3) is 3.84. The molecule has 4 rings (SSSR count). The lowest BCUT2D eigenvalue weighted by atomic mass is 9.94. The summed E-state index contributed by atoms with van der Waals surface area (Å²) in [6.45, 7) is 0. The van der Waals surface area contributed by atoms with Gasteiger partial charge >= 0.3 is 0 Å². The van der Waals surface area contributed by atoms with Gasteiger partial charge in [-0.2, -0.15) is 0 Å². The summed E-state index contributed by atoms with van der Waals surface area (Å²) in [5, 5.41) is 11.5. The molecule has 0 aromatic heterocycles. The Bertz CT molecular complexity index is 1070. The highest BCUT2D eigenvalue weighted by Gasteiger charge is 2.49. The lowest BCUT2D eigenvalue weighted by Crippen LogP contribution is -2.37. The second-order valence-electron chi connectivity index (χ2n) is 8.48. The minimum atomic E-state index is -0.664. The number of amides is 1. The number of benzene rings is 2. The zero-order valence-corrected chi connectivity index (χ0v) is 19.2. The number of anilines is 1. The number of ketones is 1. The highest BCUT2D eigenvalue weighted by atomic mass is 35.5. The van der Waals surface area contributed by atoms with Crippen LogP contribution >= 0.6 is 11.6 Å². The lowest BCUT2D eigenvalue weighted by Gasteiger charge is -2.31. The third-order valence-corrected chi connectivity index (χ3v) is 6.64. The molecule has 2 aliphatic rings. The van der Waals surface area contributed by atoms with Crippen LogP contribution in [0.3, 0.4) is 0 Å². The van der Waals surface area contributed by atoms with Gasteiger partial charge in [0.15, 0.2) is 0 Å². The molecule has 1 saturated carbocycles. The van der Waals surface area contributed by atoms with Gasteiger partial charge in [0.1, 0.15) is 11.5 Å².